The minimum atomic E-state index is -0.199. The van der Waals surface area contributed by atoms with Crippen LogP contribution in [0.4, 0.5) is 10.5 Å². The number of carbonyl (C=O) groups is 1. The number of carbonyl (C=O) groups excluding carboxylic acids is 1. The molecule has 0 bridgehead atoms. The predicted octanol–water partition coefficient (Wildman–Crippen LogP) is 3.64. The molecular weight excluding hydrogens is 320 g/mol. The van der Waals surface area contributed by atoms with Gasteiger partial charge in [0.25, 0.3) is 0 Å². The van der Waals surface area contributed by atoms with Gasteiger partial charge in [0.1, 0.15) is 17.2 Å². The van der Waals surface area contributed by atoms with Gasteiger partial charge in [0.2, 0.25) is 0 Å². The maximum absolute atomic E-state index is 12.3. The second-order valence-corrected chi connectivity index (χ2v) is 5.47. The Labute approximate surface area is 148 Å². The third-order valence-corrected chi connectivity index (χ3v) is 3.60. The normalized spacial score (nSPS) is 10.0. The fourth-order valence-electron chi connectivity index (χ4n) is 2.21. The highest BCUT2D eigenvalue weighted by molar-refractivity contribution is 5.89. The highest BCUT2D eigenvalue weighted by Gasteiger charge is 2.10. The number of amides is 2. The third-order valence-electron chi connectivity index (χ3n) is 3.60. The molecule has 25 heavy (non-hydrogen) atoms. The van der Waals surface area contributed by atoms with Crippen LogP contribution in [0.15, 0.2) is 48.5 Å². The summed E-state index contributed by atoms with van der Waals surface area (Å²) in [4.78, 5) is 13.9. The molecule has 1 N–H and O–H groups in total. The molecule has 0 heterocycles. The van der Waals surface area contributed by atoms with Gasteiger partial charge in [0, 0.05) is 37.5 Å². The summed E-state index contributed by atoms with van der Waals surface area (Å²) in [7, 11) is 4.88. The van der Waals surface area contributed by atoms with E-state index in [1.54, 1.807) is 44.4 Å². The molecule has 0 saturated carbocycles. The van der Waals surface area contributed by atoms with Gasteiger partial charge in [-0.2, -0.15) is 0 Å². The van der Waals surface area contributed by atoms with Crippen LogP contribution in [0, 0.1) is 0 Å². The van der Waals surface area contributed by atoms with Gasteiger partial charge in [0.05, 0.1) is 20.8 Å². The summed E-state index contributed by atoms with van der Waals surface area (Å²) in [5.41, 5.74) is 0.619. The number of hydrogen-bond acceptors (Lipinski definition) is 4. The van der Waals surface area contributed by atoms with Crippen molar-refractivity contribution >= 4 is 11.7 Å². The van der Waals surface area contributed by atoms with Gasteiger partial charge in [-0.05, 0) is 18.6 Å². The first-order chi connectivity index (χ1) is 12.1. The van der Waals surface area contributed by atoms with Crippen LogP contribution in [0.5, 0.6) is 17.2 Å². The monoisotopic (exact) mass is 344 g/mol. The van der Waals surface area contributed by atoms with Crippen LogP contribution >= 0.6 is 0 Å². The summed E-state index contributed by atoms with van der Waals surface area (Å²) in [5, 5.41) is 2.84. The van der Waals surface area contributed by atoms with Crippen LogP contribution in [0.25, 0.3) is 0 Å². The van der Waals surface area contributed by atoms with Crippen molar-refractivity contribution in [1.29, 1.82) is 0 Å². The molecule has 0 atom stereocenters. The minimum absolute atomic E-state index is 0.199. The Morgan fingerprint density at radius 2 is 1.64 bits per heavy atom. The lowest BCUT2D eigenvalue weighted by Gasteiger charge is -2.18. The van der Waals surface area contributed by atoms with Gasteiger partial charge in [-0.3, -0.25) is 0 Å². The van der Waals surface area contributed by atoms with Crippen molar-refractivity contribution in [2.75, 3.05) is 39.7 Å². The van der Waals surface area contributed by atoms with E-state index in [4.69, 9.17) is 14.2 Å². The lowest BCUT2D eigenvalue weighted by molar-refractivity contribution is 0.216. The molecule has 0 aliphatic heterocycles. The van der Waals surface area contributed by atoms with Crippen molar-refractivity contribution in [3.05, 3.63) is 48.5 Å². The second-order valence-electron chi connectivity index (χ2n) is 5.47. The Bertz CT molecular complexity index is 654. The zero-order chi connectivity index (χ0) is 18.1. The number of urea groups is 1. The topological polar surface area (TPSA) is 60.0 Å². The number of nitrogens with one attached hydrogen (secondary N) is 1. The predicted molar refractivity (Wildman–Crippen MR) is 97.7 cm³/mol. The summed E-state index contributed by atoms with van der Waals surface area (Å²) in [5.74, 6) is 2.07. The Morgan fingerprint density at radius 1 is 1.00 bits per heavy atom. The Kier molecular flexibility index (Phi) is 6.95. The van der Waals surface area contributed by atoms with Crippen LogP contribution in [-0.4, -0.2) is 45.3 Å². The summed E-state index contributed by atoms with van der Waals surface area (Å²) >= 11 is 0. The van der Waals surface area contributed by atoms with Crippen LogP contribution in [-0.2, 0) is 0 Å². The van der Waals surface area contributed by atoms with E-state index in [9.17, 15) is 4.79 Å². The van der Waals surface area contributed by atoms with Crippen molar-refractivity contribution in [1.82, 2.24) is 4.90 Å². The zero-order valence-electron chi connectivity index (χ0n) is 14.8. The maximum Gasteiger partial charge on any atom is 0.321 e. The molecule has 2 aromatic carbocycles. The Hall–Kier alpha value is -2.89. The number of para-hydroxylation sites is 1. The van der Waals surface area contributed by atoms with E-state index in [0.717, 1.165) is 12.2 Å². The van der Waals surface area contributed by atoms with Crippen molar-refractivity contribution in [3.63, 3.8) is 0 Å². The van der Waals surface area contributed by atoms with Crippen molar-refractivity contribution in [3.8, 4) is 17.2 Å². The molecule has 0 aromatic heterocycles. The number of methoxy groups -OCH3 is 2. The average molecular weight is 344 g/mol. The van der Waals surface area contributed by atoms with Crippen molar-refractivity contribution in [2.45, 2.75) is 6.42 Å². The second kappa shape index (κ2) is 9.42. The summed E-state index contributed by atoms with van der Waals surface area (Å²) in [6.45, 7) is 1.13. The molecule has 0 radical (unpaired) electrons. The van der Waals surface area contributed by atoms with E-state index in [-0.39, 0.29) is 6.03 Å². The average Bonchev–Trinajstić information content (AvgIpc) is 2.65. The van der Waals surface area contributed by atoms with Gasteiger partial charge >= 0.3 is 6.03 Å². The van der Waals surface area contributed by atoms with Gasteiger partial charge in [-0.15, -0.1) is 0 Å². The zero-order valence-corrected chi connectivity index (χ0v) is 14.8. The largest absolute Gasteiger partial charge is 0.497 e. The van der Waals surface area contributed by atoms with Gasteiger partial charge in [-0.25, -0.2) is 4.79 Å². The molecule has 0 aliphatic rings. The van der Waals surface area contributed by atoms with Crippen LogP contribution in [0.2, 0.25) is 0 Å². The number of anilines is 1. The fraction of sp³-hybridized carbons (Fsp3) is 0.316. The SMILES string of the molecule is COc1cc(NC(=O)N(C)CCCOc2ccccc2)cc(OC)c1. The van der Waals surface area contributed by atoms with E-state index in [2.05, 4.69) is 5.32 Å². The van der Waals surface area contributed by atoms with Crippen molar-refractivity contribution < 1.29 is 19.0 Å². The molecule has 0 spiro atoms. The first kappa shape index (κ1) is 18.4. The van der Waals surface area contributed by atoms with Crippen LogP contribution in [0.1, 0.15) is 6.42 Å². The molecule has 2 rings (SSSR count). The smallest absolute Gasteiger partial charge is 0.321 e. The summed E-state index contributed by atoms with van der Waals surface area (Å²) in [6, 6.07) is 14.7. The molecule has 0 aliphatic carbocycles. The highest BCUT2D eigenvalue weighted by atomic mass is 16.5. The lowest BCUT2D eigenvalue weighted by atomic mass is 10.3. The molecule has 2 aromatic rings. The summed E-state index contributed by atoms with van der Waals surface area (Å²) in [6.07, 6.45) is 0.736. The van der Waals surface area contributed by atoms with Gasteiger partial charge in [0.15, 0.2) is 0 Å². The summed E-state index contributed by atoms with van der Waals surface area (Å²) < 4.78 is 16.0. The molecular formula is C19H24N2O4. The Balaban J connectivity index is 1.80. The van der Waals surface area contributed by atoms with Gasteiger partial charge < -0.3 is 24.4 Å². The number of benzene rings is 2. The number of nitrogens with zero attached hydrogens (tertiary/aromatic N) is 1. The lowest BCUT2D eigenvalue weighted by Crippen LogP contribution is -2.32. The molecule has 0 saturated heterocycles. The molecule has 134 valence electrons. The molecule has 2 amide bonds. The quantitative estimate of drug-likeness (QED) is 0.743. The van der Waals surface area contributed by atoms with Crippen molar-refractivity contribution in [2.24, 2.45) is 0 Å². The standard InChI is InChI=1S/C19H24N2O4/c1-21(10-7-11-25-16-8-5-4-6-9-16)19(22)20-15-12-17(23-2)14-18(13-15)24-3/h4-6,8-9,12-14H,7,10-11H2,1-3H3,(H,20,22). The van der Waals surface area contributed by atoms with Gasteiger partial charge in [-0.1, -0.05) is 18.2 Å². The van der Waals surface area contributed by atoms with E-state index >= 15 is 0 Å². The molecule has 6 nitrogen and oxygen atoms in total. The molecule has 0 fully saturated rings. The fourth-order valence-corrected chi connectivity index (χ4v) is 2.21. The first-order valence-electron chi connectivity index (χ1n) is 8.05. The van der Waals surface area contributed by atoms with E-state index < -0.39 is 0 Å². The maximum atomic E-state index is 12.3. The third kappa shape index (κ3) is 5.91. The van der Waals surface area contributed by atoms with E-state index in [1.807, 2.05) is 30.3 Å². The molecule has 0 unspecified atom stereocenters. The number of rotatable bonds is 8. The number of ether oxygens (including phenoxy) is 3. The Morgan fingerprint density at radius 3 is 2.24 bits per heavy atom. The van der Waals surface area contributed by atoms with E-state index in [1.165, 1.54) is 0 Å². The van der Waals surface area contributed by atoms with Crippen LogP contribution < -0.4 is 19.5 Å². The van der Waals surface area contributed by atoms with E-state index in [0.29, 0.717) is 30.3 Å². The highest BCUT2D eigenvalue weighted by Crippen LogP contribution is 2.25. The number of hydrogen-bond donors (Lipinski definition) is 1. The minimum Gasteiger partial charge on any atom is -0.497 e. The van der Waals surface area contributed by atoms with Crippen LogP contribution in [0.3, 0.4) is 0 Å². The first-order valence-corrected chi connectivity index (χ1v) is 8.05. The molecule has 6 heteroatoms.